The summed E-state index contributed by atoms with van der Waals surface area (Å²) >= 11 is 0. The molecule has 0 atom stereocenters. The van der Waals surface area contributed by atoms with E-state index < -0.39 is 0 Å². The number of fused-ring (bicyclic) bond motifs is 1. The van der Waals surface area contributed by atoms with Gasteiger partial charge in [-0.3, -0.25) is 4.68 Å². The molecule has 0 fully saturated rings. The fourth-order valence-electron chi connectivity index (χ4n) is 3.09. The maximum atomic E-state index is 6.11. The molecule has 3 heterocycles. The van der Waals surface area contributed by atoms with E-state index in [0.29, 0.717) is 28.8 Å². The molecule has 29 heavy (non-hydrogen) atoms. The van der Waals surface area contributed by atoms with Crippen molar-refractivity contribution in [1.82, 2.24) is 19.7 Å². The van der Waals surface area contributed by atoms with Gasteiger partial charge in [0.25, 0.3) is 0 Å². The first-order chi connectivity index (χ1) is 14.0. The molecule has 7 nitrogen and oxygen atoms in total. The van der Waals surface area contributed by atoms with Crippen molar-refractivity contribution >= 4 is 10.9 Å². The normalized spacial score (nSPS) is 10.9. The summed E-state index contributed by atoms with van der Waals surface area (Å²) in [6.45, 7) is 3.94. The van der Waals surface area contributed by atoms with Crippen LogP contribution in [0.1, 0.15) is 11.4 Å². The largest absolute Gasteiger partial charge is 0.493 e. The first-order valence-electron chi connectivity index (χ1n) is 9.18. The molecule has 0 saturated heterocycles. The van der Waals surface area contributed by atoms with Crippen molar-refractivity contribution in [3.63, 3.8) is 0 Å². The van der Waals surface area contributed by atoms with E-state index in [0.717, 1.165) is 28.0 Å². The third-order valence-electron chi connectivity index (χ3n) is 4.74. The van der Waals surface area contributed by atoms with Gasteiger partial charge in [0.1, 0.15) is 11.4 Å². The Kier molecular flexibility index (Phi) is 4.80. The van der Waals surface area contributed by atoms with Gasteiger partial charge in [0, 0.05) is 36.0 Å². The molecule has 0 spiro atoms. The topological polar surface area (TPSA) is 71.3 Å². The van der Waals surface area contributed by atoms with Crippen molar-refractivity contribution in [1.29, 1.82) is 0 Å². The van der Waals surface area contributed by atoms with Gasteiger partial charge in [-0.15, -0.1) is 0 Å². The molecule has 0 N–H and O–H groups in total. The summed E-state index contributed by atoms with van der Waals surface area (Å²) in [5.41, 5.74) is 4.12. The molecule has 4 aromatic rings. The van der Waals surface area contributed by atoms with Crippen LogP contribution in [-0.2, 0) is 7.05 Å². The lowest BCUT2D eigenvalue weighted by Crippen LogP contribution is -1.97. The van der Waals surface area contributed by atoms with Crippen molar-refractivity contribution in [2.24, 2.45) is 7.05 Å². The van der Waals surface area contributed by atoms with E-state index in [1.165, 1.54) is 0 Å². The van der Waals surface area contributed by atoms with Crippen LogP contribution in [0, 0.1) is 13.8 Å². The van der Waals surface area contributed by atoms with E-state index in [2.05, 4.69) is 15.1 Å². The van der Waals surface area contributed by atoms with Crippen LogP contribution in [-0.4, -0.2) is 34.0 Å². The standard InChI is InChI=1S/C22H22N4O3/c1-13-6-8-18(22(23-13)17-10-14(2)26(3)25-17)29-21-9-7-15-11-19(27-4)20(28-5)12-16(15)24-21/h6-12H,1-5H3. The number of aromatic nitrogens is 4. The van der Waals surface area contributed by atoms with Gasteiger partial charge in [-0.1, -0.05) is 0 Å². The number of aryl methyl sites for hydroxylation is 3. The number of hydrogen-bond acceptors (Lipinski definition) is 6. The summed E-state index contributed by atoms with van der Waals surface area (Å²) in [7, 11) is 5.12. The summed E-state index contributed by atoms with van der Waals surface area (Å²) in [4.78, 5) is 9.26. The number of pyridine rings is 2. The van der Waals surface area contributed by atoms with E-state index in [9.17, 15) is 0 Å². The van der Waals surface area contributed by atoms with Crippen molar-refractivity contribution in [3.05, 3.63) is 53.9 Å². The number of methoxy groups -OCH3 is 2. The minimum Gasteiger partial charge on any atom is -0.493 e. The van der Waals surface area contributed by atoms with Crippen LogP contribution < -0.4 is 14.2 Å². The Morgan fingerprint density at radius 1 is 0.828 bits per heavy atom. The fraction of sp³-hybridized carbons (Fsp3) is 0.227. The quantitative estimate of drug-likeness (QED) is 0.501. The molecule has 0 aliphatic rings. The highest BCUT2D eigenvalue weighted by atomic mass is 16.5. The van der Waals surface area contributed by atoms with Crippen LogP contribution in [0.5, 0.6) is 23.1 Å². The Morgan fingerprint density at radius 3 is 2.28 bits per heavy atom. The number of benzene rings is 1. The summed E-state index contributed by atoms with van der Waals surface area (Å²) < 4.78 is 18.7. The smallest absolute Gasteiger partial charge is 0.219 e. The Hall–Kier alpha value is -3.61. The average molecular weight is 390 g/mol. The molecule has 0 radical (unpaired) electrons. The second-order valence-electron chi connectivity index (χ2n) is 6.75. The highest BCUT2D eigenvalue weighted by Crippen LogP contribution is 2.34. The molecular weight excluding hydrogens is 368 g/mol. The average Bonchev–Trinajstić information content (AvgIpc) is 3.06. The van der Waals surface area contributed by atoms with Gasteiger partial charge in [0.2, 0.25) is 5.88 Å². The van der Waals surface area contributed by atoms with E-state index in [-0.39, 0.29) is 0 Å². The number of rotatable bonds is 5. The summed E-state index contributed by atoms with van der Waals surface area (Å²) in [6.07, 6.45) is 0. The second kappa shape index (κ2) is 7.43. The second-order valence-corrected chi connectivity index (χ2v) is 6.75. The fourth-order valence-corrected chi connectivity index (χ4v) is 3.09. The molecule has 7 heteroatoms. The molecule has 0 saturated carbocycles. The molecule has 0 aliphatic heterocycles. The summed E-state index contributed by atoms with van der Waals surface area (Å²) in [5.74, 6) is 2.34. The van der Waals surface area contributed by atoms with Gasteiger partial charge in [-0.05, 0) is 44.2 Å². The van der Waals surface area contributed by atoms with Crippen molar-refractivity contribution in [2.45, 2.75) is 13.8 Å². The van der Waals surface area contributed by atoms with E-state index in [1.54, 1.807) is 14.2 Å². The Balaban J connectivity index is 1.75. The Bertz CT molecular complexity index is 1180. The number of nitrogens with zero attached hydrogens (tertiary/aromatic N) is 4. The third-order valence-corrected chi connectivity index (χ3v) is 4.74. The highest BCUT2D eigenvalue weighted by molar-refractivity contribution is 5.83. The highest BCUT2D eigenvalue weighted by Gasteiger charge is 2.15. The molecule has 148 valence electrons. The van der Waals surface area contributed by atoms with Crippen LogP contribution in [0.3, 0.4) is 0 Å². The molecule has 3 aromatic heterocycles. The molecule has 4 rings (SSSR count). The van der Waals surface area contributed by atoms with Crippen LogP contribution in [0.2, 0.25) is 0 Å². The molecule has 0 aliphatic carbocycles. The van der Waals surface area contributed by atoms with Gasteiger partial charge in [-0.2, -0.15) is 5.10 Å². The molecule has 0 unspecified atom stereocenters. The van der Waals surface area contributed by atoms with Gasteiger partial charge >= 0.3 is 0 Å². The van der Waals surface area contributed by atoms with Gasteiger partial charge in [0.15, 0.2) is 17.2 Å². The van der Waals surface area contributed by atoms with Gasteiger partial charge in [0.05, 0.1) is 19.7 Å². The molecule has 0 amide bonds. The molecular formula is C22H22N4O3. The van der Waals surface area contributed by atoms with Crippen molar-refractivity contribution in [3.8, 4) is 34.5 Å². The Labute approximate surface area is 168 Å². The maximum absolute atomic E-state index is 6.11. The van der Waals surface area contributed by atoms with E-state index >= 15 is 0 Å². The minimum atomic E-state index is 0.462. The zero-order valence-corrected chi connectivity index (χ0v) is 17.1. The lowest BCUT2D eigenvalue weighted by atomic mass is 10.2. The van der Waals surface area contributed by atoms with E-state index in [1.807, 2.05) is 68.0 Å². The predicted molar refractivity (Wildman–Crippen MR) is 111 cm³/mol. The number of ether oxygens (including phenoxy) is 3. The number of hydrogen-bond donors (Lipinski definition) is 0. The van der Waals surface area contributed by atoms with Crippen LogP contribution >= 0.6 is 0 Å². The van der Waals surface area contributed by atoms with Crippen molar-refractivity contribution in [2.75, 3.05) is 14.2 Å². The minimum absolute atomic E-state index is 0.462. The first-order valence-corrected chi connectivity index (χ1v) is 9.18. The third kappa shape index (κ3) is 3.59. The monoisotopic (exact) mass is 390 g/mol. The summed E-state index contributed by atoms with van der Waals surface area (Å²) in [6, 6.07) is 13.3. The van der Waals surface area contributed by atoms with Crippen molar-refractivity contribution < 1.29 is 14.2 Å². The zero-order valence-electron chi connectivity index (χ0n) is 17.1. The van der Waals surface area contributed by atoms with E-state index in [4.69, 9.17) is 14.2 Å². The SMILES string of the molecule is COc1cc2ccc(Oc3ccc(C)nc3-c3cc(C)n(C)n3)nc2cc1OC. The summed E-state index contributed by atoms with van der Waals surface area (Å²) in [5, 5.41) is 5.47. The first kappa shape index (κ1) is 18.7. The lowest BCUT2D eigenvalue weighted by Gasteiger charge is -2.11. The molecule has 1 aromatic carbocycles. The Morgan fingerprint density at radius 2 is 1.59 bits per heavy atom. The molecule has 0 bridgehead atoms. The van der Waals surface area contributed by atoms with Gasteiger partial charge in [-0.25, -0.2) is 9.97 Å². The van der Waals surface area contributed by atoms with Crippen LogP contribution in [0.25, 0.3) is 22.3 Å². The van der Waals surface area contributed by atoms with Gasteiger partial charge < -0.3 is 14.2 Å². The predicted octanol–water partition coefficient (Wildman–Crippen LogP) is 4.46. The van der Waals surface area contributed by atoms with Crippen LogP contribution in [0.4, 0.5) is 0 Å². The maximum Gasteiger partial charge on any atom is 0.219 e. The van der Waals surface area contributed by atoms with Crippen LogP contribution in [0.15, 0.2) is 42.5 Å². The lowest BCUT2D eigenvalue weighted by molar-refractivity contribution is 0.355. The zero-order chi connectivity index (χ0) is 20.5.